The Bertz CT molecular complexity index is 847. The minimum absolute atomic E-state index is 0.0489. The van der Waals surface area contributed by atoms with Crippen molar-refractivity contribution in [1.29, 1.82) is 0 Å². The van der Waals surface area contributed by atoms with Crippen LogP contribution in [0.3, 0.4) is 0 Å². The molecule has 0 fully saturated rings. The third kappa shape index (κ3) is 5.97. The summed E-state index contributed by atoms with van der Waals surface area (Å²) in [6, 6.07) is 9.15. The summed E-state index contributed by atoms with van der Waals surface area (Å²) < 4.78 is 0.873. The van der Waals surface area contributed by atoms with Gasteiger partial charge in [0.25, 0.3) is 0 Å². The van der Waals surface area contributed by atoms with Crippen LogP contribution in [0.4, 0.5) is 10.5 Å². The van der Waals surface area contributed by atoms with Gasteiger partial charge in [-0.2, -0.15) is 0 Å². The summed E-state index contributed by atoms with van der Waals surface area (Å²) in [5.74, 6) is -0.246. The molecule has 0 bridgehead atoms. The summed E-state index contributed by atoms with van der Waals surface area (Å²) in [6.45, 7) is 6.16. The molecule has 0 heterocycles. The van der Waals surface area contributed by atoms with E-state index in [9.17, 15) is 9.59 Å². The number of hydrogen-bond acceptors (Lipinski definition) is 2. The largest absolute Gasteiger partial charge is 0.334 e. The first-order valence-corrected chi connectivity index (χ1v) is 9.65. The highest BCUT2D eigenvalue weighted by Gasteiger charge is 2.15. The number of halogens is 2. The molecule has 2 aromatic carbocycles. The molecule has 2 aromatic rings. The number of aryl methyl sites for hydroxylation is 3. The Morgan fingerprint density at radius 1 is 1.11 bits per heavy atom. The Kier molecular flexibility index (Phi) is 7.27. The Labute approximate surface area is 173 Å². The van der Waals surface area contributed by atoms with Crippen molar-refractivity contribution in [2.45, 2.75) is 27.3 Å². The molecule has 27 heavy (non-hydrogen) atoms. The SMILES string of the molecule is Cc1cc(C)c(NC(=O)CN(C)C(=O)NCc2ccc(Br)cc2Cl)c(C)c1. The van der Waals surface area contributed by atoms with E-state index in [0.29, 0.717) is 5.02 Å². The lowest BCUT2D eigenvalue weighted by Crippen LogP contribution is -2.41. The van der Waals surface area contributed by atoms with E-state index < -0.39 is 0 Å². The zero-order valence-corrected chi connectivity index (χ0v) is 18.2. The molecule has 3 amide bonds. The van der Waals surface area contributed by atoms with Crippen LogP contribution >= 0.6 is 27.5 Å². The highest BCUT2D eigenvalue weighted by atomic mass is 79.9. The quantitative estimate of drug-likeness (QED) is 0.684. The van der Waals surface area contributed by atoms with Crippen LogP contribution in [0.5, 0.6) is 0 Å². The molecule has 0 aliphatic rings. The number of likely N-dealkylation sites (N-methyl/N-ethyl adjacent to an activating group) is 1. The molecule has 0 saturated heterocycles. The van der Waals surface area contributed by atoms with E-state index in [2.05, 4.69) is 26.6 Å². The van der Waals surface area contributed by atoms with Crippen molar-refractivity contribution >= 4 is 45.2 Å². The molecule has 0 atom stereocenters. The first-order chi connectivity index (χ1) is 12.7. The smallest absolute Gasteiger partial charge is 0.317 e. The number of benzene rings is 2. The lowest BCUT2D eigenvalue weighted by Gasteiger charge is -2.19. The van der Waals surface area contributed by atoms with Crippen LogP contribution < -0.4 is 10.6 Å². The van der Waals surface area contributed by atoms with E-state index in [1.165, 1.54) is 4.90 Å². The summed E-state index contributed by atoms with van der Waals surface area (Å²) in [7, 11) is 1.58. The predicted molar refractivity (Wildman–Crippen MR) is 113 cm³/mol. The molecule has 0 aromatic heterocycles. The van der Waals surface area contributed by atoms with Crippen molar-refractivity contribution in [1.82, 2.24) is 10.2 Å². The number of nitrogens with zero attached hydrogens (tertiary/aromatic N) is 1. The van der Waals surface area contributed by atoms with E-state index in [0.717, 1.165) is 32.4 Å². The Hall–Kier alpha value is -2.05. The molecule has 7 heteroatoms. The van der Waals surface area contributed by atoms with Gasteiger partial charge >= 0.3 is 6.03 Å². The lowest BCUT2D eigenvalue weighted by atomic mass is 10.1. The number of carbonyl (C=O) groups excluding carboxylic acids is 2. The number of carbonyl (C=O) groups is 2. The van der Waals surface area contributed by atoms with Gasteiger partial charge in [-0.05, 0) is 49.6 Å². The van der Waals surface area contributed by atoms with Crippen molar-refractivity contribution in [2.75, 3.05) is 18.9 Å². The van der Waals surface area contributed by atoms with Gasteiger partial charge in [-0.3, -0.25) is 4.79 Å². The highest BCUT2D eigenvalue weighted by Crippen LogP contribution is 2.22. The van der Waals surface area contributed by atoms with Crippen LogP contribution in [0.15, 0.2) is 34.8 Å². The Balaban J connectivity index is 1.91. The fourth-order valence-electron chi connectivity index (χ4n) is 2.81. The standard InChI is InChI=1S/C20H23BrClN3O2/c1-12-7-13(2)19(14(3)8-12)24-18(26)11-25(4)20(27)23-10-15-5-6-16(21)9-17(15)22/h5-9H,10-11H2,1-4H3,(H,23,27)(H,24,26). The van der Waals surface area contributed by atoms with E-state index in [1.807, 2.05) is 45.0 Å². The van der Waals surface area contributed by atoms with Gasteiger partial charge in [0, 0.05) is 28.8 Å². The average molecular weight is 453 g/mol. The Morgan fingerprint density at radius 3 is 2.33 bits per heavy atom. The van der Waals surface area contributed by atoms with Crippen LogP contribution in [0, 0.1) is 20.8 Å². The topological polar surface area (TPSA) is 61.4 Å². The number of hydrogen-bond donors (Lipinski definition) is 2. The van der Waals surface area contributed by atoms with E-state index >= 15 is 0 Å². The summed E-state index contributed by atoms with van der Waals surface area (Å²) in [5, 5.41) is 6.22. The number of amides is 3. The van der Waals surface area contributed by atoms with Gasteiger partial charge in [-0.25, -0.2) is 4.79 Å². The summed E-state index contributed by atoms with van der Waals surface area (Å²) >= 11 is 9.49. The normalized spacial score (nSPS) is 10.4. The van der Waals surface area contributed by atoms with E-state index in [4.69, 9.17) is 11.6 Å². The first kappa shape index (κ1) is 21.3. The molecule has 0 saturated carbocycles. The van der Waals surface area contributed by atoms with Crippen molar-refractivity contribution in [3.8, 4) is 0 Å². The number of urea groups is 1. The summed E-state index contributed by atoms with van der Waals surface area (Å²) in [6.07, 6.45) is 0. The molecule has 5 nitrogen and oxygen atoms in total. The van der Waals surface area contributed by atoms with Gasteiger partial charge in [0.2, 0.25) is 5.91 Å². The zero-order chi connectivity index (χ0) is 20.1. The molecule has 0 spiro atoms. The van der Waals surface area contributed by atoms with Crippen molar-refractivity contribution < 1.29 is 9.59 Å². The van der Waals surface area contributed by atoms with Crippen molar-refractivity contribution in [3.63, 3.8) is 0 Å². The van der Waals surface area contributed by atoms with Crippen LogP contribution in [0.2, 0.25) is 5.02 Å². The van der Waals surface area contributed by atoms with Crippen LogP contribution in [0.25, 0.3) is 0 Å². The monoisotopic (exact) mass is 451 g/mol. The number of nitrogens with one attached hydrogen (secondary N) is 2. The molecule has 0 aliphatic heterocycles. The van der Waals surface area contributed by atoms with Gasteiger partial charge in [0.15, 0.2) is 0 Å². The van der Waals surface area contributed by atoms with E-state index in [-0.39, 0.29) is 25.0 Å². The van der Waals surface area contributed by atoms with Crippen LogP contribution in [0.1, 0.15) is 22.3 Å². The third-order valence-electron chi connectivity index (χ3n) is 4.11. The zero-order valence-electron chi connectivity index (χ0n) is 15.8. The molecular formula is C20H23BrClN3O2. The third-order valence-corrected chi connectivity index (χ3v) is 4.96. The average Bonchev–Trinajstić information content (AvgIpc) is 2.57. The molecule has 0 aliphatic carbocycles. The number of rotatable bonds is 5. The molecule has 0 unspecified atom stereocenters. The van der Waals surface area contributed by atoms with Crippen LogP contribution in [-0.4, -0.2) is 30.4 Å². The van der Waals surface area contributed by atoms with Gasteiger partial charge in [0.05, 0.1) is 0 Å². The van der Waals surface area contributed by atoms with Gasteiger partial charge in [0.1, 0.15) is 6.54 Å². The van der Waals surface area contributed by atoms with Gasteiger partial charge in [-0.1, -0.05) is 51.3 Å². The number of anilines is 1. The Morgan fingerprint density at radius 2 is 1.74 bits per heavy atom. The molecule has 2 rings (SSSR count). The second kappa shape index (κ2) is 9.24. The maximum Gasteiger partial charge on any atom is 0.317 e. The fourth-order valence-corrected chi connectivity index (χ4v) is 3.55. The second-order valence-corrected chi connectivity index (χ2v) is 7.90. The van der Waals surface area contributed by atoms with E-state index in [1.54, 1.807) is 13.1 Å². The summed E-state index contributed by atoms with van der Waals surface area (Å²) in [4.78, 5) is 25.9. The first-order valence-electron chi connectivity index (χ1n) is 8.48. The van der Waals surface area contributed by atoms with Crippen molar-refractivity contribution in [3.05, 3.63) is 62.1 Å². The summed E-state index contributed by atoms with van der Waals surface area (Å²) in [5.41, 5.74) is 4.74. The minimum atomic E-state index is -0.346. The minimum Gasteiger partial charge on any atom is -0.334 e. The molecular weight excluding hydrogens is 430 g/mol. The maximum absolute atomic E-state index is 12.3. The predicted octanol–water partition coefficient (Wildman–Crippen LogP) is 4.81. The lowest BCUT2D eigenvalue weighted by molar-refractivity contribution is -0.116. The second-order valence-electron chi connectivity index (χ2n) is 6.57. The highest BCUT2D eigenvalue weighted by molar-refractivity contribution is 9.10. The van der Waals surface area contributed by atoms with Crippen LogP contribution in [-0.2, 0) is 11.3 Å². The molecule has 144 valence electrons. The molecule has 0 radical (unpaired) electrons. The maximum atomic E-state index is 12.3. The molecule has 2 N–H and O–H groups in total. The van der Waals surface area contributed by atoms with Gasteiger partial charge < -0.3 is 15.5 Å². The van der Waals surface area contributed by atoms with Crippen molar-refractivity contribution in [2.24, 2.45) is 0 Å². The van der Waals surface area contributed by atoms with Gasteiger partial charge in [-0.15, -0.1) is 0 Å². The fraction of sp³-hybridized carbons (Fsp3) is 0.300.